The maximum absolute atomic E-state index is 12.8. The molecule has 8 heteroatoms. The number of thiazole rings is 1. The highest BCUT2D eigenvalue weighted by molar-refractivity contribution is 7.18. The molecule has 0 saturated carbocycles. The van der Waals surface area contributed by atoms with Crippen molar-refractivity contribution >= 4 is 27.5 Å². The van der Waals surface area contributed by atoms with Gasteiger partial charge in [-0.2, -0.15) is 0 Å². The molecule has 0 aliphatic carbocycles. The average Bonchev–Trinajstić information content (AvgIpc) is 3.39. The van der Waals surface area contributed by atoms with Crippen LogP contribution in [0.25, 0.3) is 10.2 Å². The number of carbonyl (C=O) groups excluding carboxylic acids is 1. The van der Waals surface area contributed by atoms with Crippen molar-refractivity contribution in [3.63, 3.8) is 0 Å². The normalized spacial score (nSPS) is 16.4. The summed E-state index contributed by atoms with van der Waals surface area (Å²) in [4.78, 5) is 23.9. The Morgan fingerprint density at radius 1 is 1.10 bits per heavy atom. The van der Waals surface area contributed by atoms with Crippen LogP contribution in [0.2, 0.25) is 0 Å². The molecule has 0 N–H and O–H groups in total. The van der Waals surface area contributed by atoms with Gasteiger partial charge in [-0.15, -0.1) is 11.3 Å². The molecule has 31 heavy (non-hydrogen) atoms. The van der Waals surface area contributed by atoms with Crippen LogP contribution in [0.3, 0.4) is 0 Å². The molecular formula is C23H26N4O3S. The van der Waals surface area contributed by atoms with Crippen LogP contribution in [0.5, 0.6) is 11.5 Å². The molecule has 5 rings (SSSR count). The Hall–Kier alpha value is -2.68. The maximum Gasteiger partial charge on any atom is 0.236 e. The van der Waals surface area contributed by atoms with Crippen molar-refractivity contribution in [2.75, 3.05) is 46.6 Å². The van der Waals surface area contributed by atoms with Gasteiger partial charge in [0, 0.05) is 32.7 Å². The molecule has 0 unspecified atom stereocenters. The highest BCUT2D eigenvalue weighted by Gasteiger charge is 2.23. The number of ether oxygens (including phenoxy) is 2. The van der Waals surface area contributed by atoms with Crippen LogP contribution in [0.4, 0.5) is 0 Å². The summed E-state index contributed by atoms with van der Waals surface area (Å²) in [6, 6.07) is 14.3. The second-order valence-corrected chi connectivity index (χ2v) is 9.21. The average molecular weight is 439 g/mol. The minimum absolute atomic E-state index is 0.186. The molecule has 0 atom stereocenters. The van der Waals surface area contributed by atoms with Crippen LogP contribution in [0.1, 0.15) is 10.6 Å². The lowest BCUT2D eigenvalue weighted by Crippen LogP contribution is -2.50. The molecule has 1 fully saturated rings. The number of fused-ring (bicyclic) bond motifs is 2. The van der Waals surface area contributed by atoms with Gasteiger partial charge in [-0.3, -0.25) is 14.6 Å². The van der Waals surface area contributed by atoms with Crippen LogP contribution in [0.15, 0.2) is 42.5 Å². The van der Waals surface area contributed by atoms with Crippen molar-refractivity contribution in [2.45, 2.75) is 13.1 Å². The Morgan fingerprint density at radius 2 is 1.90 bits per heavy atom. The minimum Gasteiger partial charge on any atom is -0.454 e. The molecule has 2 aliphatic heterocycles. The summed E-state index contributed by atoms with van der Waals surface area (Å²) in [5.74, 6) is 1.82. The SMILES string of the molecule is CN(CC(=O)N1CCN(Cc2ccc3c(c2)OCO3)CC1)Cc1nc2ccccc2s1. The fourth-order valence-electron chi connectivity index (χ4n) is 4.06. The molecule has 3 heterocycles. The lowest BCUT2D eigenvalue weighted by atomic mass is 10.1. The van der Waals surface area contributed by atoms with E-state index >= 15 is 0 Å². The first-order valence-electron chi connectivity index (χ1n) is 10.6. The predicted molar refractivity (Wildman–Crippen MR) is 120 cm³/mol. The maximum atomic E-state index is 12.8. The van der Waals surface area contributed by atoms with Crippen molar-refractivity contribution in [1.29, 1.82) is 0 Å². The fourth-order valence-corrected chi connectivity index (χ4v) is 5.11. The summed E-state index contributed by atoms with van der Waals surface area (Å²) in [5.41, 5.74) is 2.24. The van der Waals surface area contributed by atoms with Crippen molar-refractivity contribution < 1.29 is 14.3 Å². The van der Waals surface area contributed by atoms with E-state index in [1.54, 1.807) is 11.3 Å². The number of aromatic nitrogens is 1. The van der Waals surface area contributed by atoms with E-state index in [2.05, 4.69) is 33.0 Å². The molecule has 2 aromatic carbocycles. The number of likely N-dealkylation sites (N-methyl/N-ethyl adjacent to an activating group) is 1. The summed E-state index contributed by atoms with van der Waals surface area (Å²) >= 11 is 1.70. The number of amides is 1. The Labute approximate surface area is 185 Å². The third-order valence-electron chi connectivity index (χ3n) is 5.72. The molecule has 162 valence electrons. The Bertz CT molecular complexity index is 1040. The van der Waals surface area contributed by atoms with E-state index in [9.17, 15) is 4.79 Å². The van der Waals surface area contributed by atoms with Gasteiger partial charge >= 0.3 is 0 Å². The Balaban J connectivity index is 1.09. The number of piperazine rings is 1. The van der Waals surface area contributed by atoms with Gasteiger partial charge in [0.2, 0.25) is 12.7 Å². The number of carbonyl (C=O) groups is 1. The second-order valence-electron chi connectivity index (χ2n) is 8.09. The van der Waals surface area contributed by atoms with Gasteiger partial charge in [-0.25, -0.2) is 4.98 Å². The molecule has 0 bridgehead atoms. The van der Waals surface area contributed by atoms with E-state index in [1.165, 1.54) is 10.3 Å². The quantitative estimate of drug-likeness (QED) is 0.590. The molecule has 7 nitrogen and oxygen atoms in total. The number of nitrogens with zero attached hydrogens (tertiary/aromatic N) is 4. The third kappa shape index (κ3) is 4.66. The number of benzene rings is 2. The first-order chi connectivity index (χ1) is 15.1. The van der Waals surface area contributed by atoms with Crippen molar-refractivity contribution in [1.82, 2.24) is 19.7 Å². The highest BCUT2D eigenvalue weighted by atomic mass is 32.1. The van der Waals surface area contributed by atoms with Crippen LogP contribution < -0.4 is 9.47 Å². The molecule has 0 radical (unpaired) electrons. The zero-order valence-corrected chi connectivity index (χ0v) is 18.4. The molecule has 1 saturated heterocycles. The summed E-state index contributed by atoms with van der Waals surface area (Å²) in [6.45, 7) is 5.54. The number of rotatable bonds is 6. The summed E-state index contributed by atoms with van der Waals surface area (Å²) in [7, 11) is 1.99. The molecular weight excluding hydrogens is 412 g/mol. The van der Waals surface area contributed by atoms with Gasteiger partial charge in [0.1, 0.15) is 5.01 Å². The highest BCUT2D eigenvalue weighted by Crippen LogP contribution is 2.32. The van der Waals surface area contributed by atoms with E-state index in [0.717, 1.165) is 54.7 Å². The van der Waals surface area contributed by atoms with Crippen LogP contribution in [-0.4, -0.2) is 72.2 Å². The summed E-state index contributed by atoms with van der Waals surface area (Å²) in [6.07, 6.45) is 0. The van der Waals surface area contributed by atoms with Gasteiger partial charge in [-0.1, -0.05) is 18.2 Å². The largest absolute Gasteiger partial charge is 0.454 e. The summed E-state index contributed by atoms with van der Waals surface area (Å²) < 4.78 is 12.0. The van der Waals surface area contributed by atoms with E-state index in [1.807, 2.05) is 36.2 Å². The van der Waals surface area contributed by atoms with E-state index in [-0.39, 0.29) is 5.91 Å². The topological polar surface area (TPSA) is 58.1 Å². The zero-order chi connectivity index (χ0) is 21.2. The first-order valence-corrected chi connectivity index (χ1v) is 11.4. The van der Waals surface area contributed by atoms with E-state index < -0.39 is 0 Å². The predicted octanol–water partition coefficient (Wildman–Crippen LogP) is 2.80. The number of hydrogen-bond acceptors (Lipinski definition) is 7. The zero-order valence-electron chi connectivity index (χ0n) is 17.6. The molecule has 3 aromatic rings. The Kier molecular flexibility index (Phi) is 5.76. The smallest absolute Gasteiger partial charge is 0.236 e. The lowest BCUT2D eigenvalue weighted by molar-refractivity contribution is -0.134. The molecule has 2 aliphatic rings. The van der Waals surface area contributed by atoms with Gasteiger partial charge in [0.25, 0.3) is 0 Å². The van der Waals surface area contributed by atoms with Gasteiger partial charge in [0.05, 0.1) is 23.3 Å². The standard InChI is InChI=1S/C23H26N4O3S/c1-25(14-22-24-18-4-2-3-5-21(18)31-22)15-23(28)27-10-8-26(9-11-27)13-17-6-7-19-20(12-17)30-16-29-19/h2-7,12H,8-11,13-16H2,1H3. The number of para-hydroxylation sites is 1. The van der Waals surface area contributed by atoms with Gasteiger partial charge in [-0.05, 0) is 36.9 Å². The van der Waals surface area contributed by atoms with E-state index in [0.29, 0.717) is 19.9 Å². The molecule has 1 amide bonds. The fraction of sp³-hybridized carbons (Fsp3) is 0.391. The second kappa shape index (κ2) is 8.82. The van der Waals surface area contributed by atoms with Gasteiger partial charge in [0.15, 0.2) is 11.5 Å². The Morgan fingerprint density at radius 3 is 2.74 bits per heavy atom. The van der Waals surface area contributed by atoms with Crippen LogP contribution in [-0.2, 0) is 17.9 Å². The monoisotopic (exact) mass is 438 g/mol. The van der Waals surface area contributed by atoms with Crippen LogP contribution >= 0.6 is 11.3 Å². The number of hydrogen-bond donors (Lipinski definition) is 0. The molecule has 0 spiro atoms. The summed E-state index contributed by atoms with van der Waals surface area (Å²) in [5, 5.41) is 1.05. The van der Waals surface area contributed by atoms with Crippen molar-refractivity contribution in [3.05, 3.63) is 53.0 Å². The lowest BCUT2D eigenvalue weighted by Gasteiger charge is -2.35. The molecule has 1 aromatic heterocycles. The minimum atomic E-state index is 0.186. The third-order valence-corrected chi connectivity index (χ3v) is 6.74. The van der Waals surface area contributed by atoms with Crippen molar-refractivity contribution in [2.24, 2.45) is 0 Å². The van der Waals surface area contributed by atoms with E-state index in [4.69, 9.17) is 9.47 Å². The van der Waals surface area contributed by atoms with Gasteiger partial charge < -0.3 is 14.4 Å². The van der Waals surface area contributed by atoms with Crippen LogP contribution in [0, 0.1) is 0 Å². The first kappa shape index (κ1) is 20.2. The van der Waals surface area contributed by atoms with Crippen molar-refractivity contribution in [3.8, 4) is 11.5 Å².